The van der Waals surface area contributed by atoms with E-state index in [1.54, 1.807) is 30.4 Å². The summed E-state index contributed by atoms with van der Waals surface area (Å²) in [5.74, 6) is 3.04. The van der Waals surface area contributed by atoms with Crippen LogP contribution < -0.4 is 0 Å². The van der Waals surface area contributed by atoms with Crippen molar-refractivity contribution in [2.24, 2.45) is 0 Å². The highest BCUT2D eigenvalue weighted by atomic mass is 32.2. The van der Waals surface area contributed by atoms with Crippen LogP contribution in [0.3, 0.4) is 0 Å². The summed E-state index contributed by atoms with van der Waals surface area (Å²) in [6.45, 7) is 5.36. The van der Waals surface area contributed by atoms with Crippen molar-refractivity contribution in [1.82, 2.24) is 0 Å². The molecule has 78 valence electrons. The van der Waals surface area contributed by atoms with Crippen molar-refractivity contribution in [3.05, 3.63) is 12.7 Å². The van der Waals surface area contributed by atoms with E-state index < -0.39 is 0 Å². The molecule has 0 aliphatic carbocycles. The first-order valence-electron chi connectivity index (χ1n) is 4.29. The number of hydrogen-bond donors (Lipinski definition) is 2. The van der Waals surface area contributed by atoms with E-state index >= 15 is 0 Å². The lowest BCUT2D eigenvalue weighted by atomic mass is 10.5. The molecule has 4 heteroatoms. The monoisotopic (exact) mass is 222 g/mol. The second kappa shape index (κ2) is 8.94. The number of aliphatic hydroxyl groups excluding tert-OH is 2. The Morgan fingerprint density at radius 1 is 1.23 bits per heavy atom. The van der Waals surface area contributed by atoms with Crippen molar-refractivity contribution in [2.45, 2.75) is 19.1 Å². The molecule has 0 radical (unpaired) electrons. The molecule has 0 amide bonds. The van der Waals surface area contributed by atoms with Gasteiger partial charge in [-0.1, -0.05) is 6.08 Å². The fourth-order valence-electron chi connectivity index (χ4n) is 0.710. The minimum atomic E-state index is -0.280. The largest absolute Gasteiger partial charge is 0.393 e. The van der Waals surface area contributed by atoms with Gasteiger partial charge in [-0.15, -0.1) is 6.58 Å². The first-order valence-corrected chi connectivity index (χ1v) is 6.60. The van der Waals surface area contributed by atoms with Crippen molar-refractivity contribution in [1.29, 1.82) is 0 Å². The third-order valence-electron chi connectivity index (χ3n) is 1.22. The predicted octanol–water partition coefficient (Wildman–Crippen LogP) is 1.38. The molecule has 0 rings (SSSR count). The van der Waals surface area contributed by atoms with Gasteiger partial charge >= 0.3 is 0 Å². The van der Waals surface area contributed by atoms with Crippen molar-refractivity contribution in [2.75, 3.05) is 23.0 Å². The average molecular weight is 222 g/mol. The number of rotatable bonds is 8. The Hall–Kier alpha value is 0.360. The number of hydrogen-bond acceptors (Lipinski definition) is 4. The summed E-state index contributed by atoms with van der Waals surface area (Å²) in [6, 6.07) is 0. The molecule has 0 aromatic carbocycles. The third-order valence-corrected chi connectivity index (χ3v) is 3.65. The van der Waals surface area contributed by atoms with E-state index in [9.17, 15) is 5.11 Å². The highest BCUT2D eigenvalue weighted by Gasteiger charge is 2.04. The molecular weight excluding hydrogens is 204 g/mol. The van der Waals surface area contributed by atoms with E-state index in [0.29, 0.717) is 11.5 Å². The Morgan fingerprint density at radius 3 is 2.38 bits per heavy atom. The van der Waals surface area contributed by atoms with E-state index in [4.69, 9.17) is 5.11 Å². The minimum Gasteiger partial charge on any atom is -0.393 e. The van der Waals surface area contributed by atoms with Crippen LogP contribution in [0.25, 0.3) is 0 Å². The predicted molar refractivity (Wildman–Crippen MR) is 62.5 cm³/mol. The van der Waals surface area contributed by atoms with Crippen molar-refractivity contribution in [3.8, 4) is 0 Å². The molecule has 0 saturated heterocycles. The molecule has 2 N–H and O–H groups in total. The zero-order chi connectivity index (χ0) is 10.1. The van der Waals surface area contributed by atoms with Crippen LogP contribution >= 0.6 is 23.5 Å². The van der Waals surface area contributed by atoms with Crippen LogP contribution in [0.1, 0.15) is 6.92 Å². The Labute approximate surface area is 88.8 Å². The van der Waals surface area contributed by atoms with E-state index in [-0.39, 0.29) is 12.2 Å². The normalized spacial score (nSPS) is 15.3. The molecule has 0 fully saturated rings. The highest BCUT2D eigenvalue weighted by Crippen LogP contribution is 2.09. The fourth-order valence-corrected chi connectivity index (χ4v) is 2.42. The van der Waals surface area contributed by atoms with Crippen molar-refractivity contribution >= 4 is 23.5 Å². The van der Waals surface area contributed by atoms with E-state index in [1.807, 2.05) is 6.08 Å². The zero-order valence-corrected chi connectivity index (χ0v) is 9.61. The quantitative estimate of drug-likeness (QED) is 0.481. The summed E-state index contributed by atoms with van der Waals surface area (Å²) in [5, 5.41) is 18.4. The van der Waals surface area contributed by atoms with Gasteiger partial charge in [0.2, 0.25) is 0 Å². The van der Waals surface area contributed by atoms with Crippen LogP contribution in [0.4, 0.5) is 0 Å². The lowest BCUT2D eigenvalue weighted by Crippen LogP contribution is -2.15. The van der Waals surface area contributed by atoms with Crippen LogP contribution in [-0.4, -0.2) is 45.4 Å². The Morgan fingerprint density at radius 2 is 1.85 bits per heavy atom. The number of aliphatic hydroxyl groups is 2. The molecule has 2 atom stereocenters. The molecule has 2 unspecified atom stereocenters. The maximum atomic E-state index is 9.43. The first kappa shape index (κ1) is 13.4. The van der Waals surface area contributed by atoms with Gasteiger partial charge in [0, 0.05) is 23.0 Å². The minimum absolute atomic E-state index is 0.270. The summed E-state index contributed by atoms with van der Waals surface area (Å²) in [6.07, 6.45) is 1.28. The van der Waals surface area contributed by atoms with Gasteiger partial charge in [-0.2, -0.15) is 23.5 Å². The lowest BCUT2D eigenvalue weighted by molar-refractivity contribution is 0.217. The summed E-state index contributed by atoms with van der Waals surface area (Å²) in [4.78, 5) is 0. The topological polar surface area (TPSA) is 40.5 Å². The molecule has 0 saturated carbocycles. The lowest BCUT2D eigenvalue weighted by Gasteiger charge is -2.09. The molecule has 0 aromatic heterocycles. The SMILES string of the molecule is C=CCSCC(O)CSCC(C)O. The summed E-state index contributed by atoms with van der Waals surface area (Å²) >= 11 is 3.26. The zero-order valence-electron chi connectivity index (χ0n) is 7.98. The summed E-state index contributed by atoms with van der Waals surface area (Å²) in [7, 11) is 0. The highest BCUT2D eigenvalue weighted by molar-refractivity contribution is 8.00. The van der Waals surface area contributed by atoms with E-state index in [1.165, 1.54) is 0 Å². The van der Waals surface area contributed by atoms with Crippen molar-refractivity contribution < 1.29 is 10.2 Å². The molecule has 13 heavy (non-hydrogen) atoms. The first-order chi connectivity index (χ1) is 6.16. The maximum Gasteiger partial charge on any atom is 0.0721 e. The third kappa shape index (κ3) is 10.3. The molecule has 0 aromatic rings. The second-order valence-corrected chi connectivity index (χ2v) is 5.02. The van der Waals surface area contributed by atoms with Crippen LogP contribution in [0.5, 0.6) is 0 Å². The molecular formula is C9H18O2S2. The van der Waals surface area contributed by atoms with Gasteiger partial charge in [-0.05, 0) is 6.92 Å². The molecule has 0 aliphatic heterocycles. The van der Waals surface area contributed by atoms with Crippen LogP contribution in [-0.2, 0) is 0 Å². The standard InChI is InChI=1S/C9H18O2S2/c1-3-4-12-6-9(11)7-13-5-8(2)10/h3,8-11H,1,4-7H2,2H3. The van der Waals surface area contributed by atoms with Gasteiger partial charge in [0.05, 0.1) is 12.2 Å². The van der Waals surface area contributed by atoms with Gasteiger partial charge in [0.1, 0.15) is 0 Å². The van der Waals surface area contributed by atoms with E-state index in [2.05, 4.69) is 6.58 Å². The molecule has 0 aliphatic rings. The summed E-state index contributed by atoms with van der Waals surface area (Å²) < 4.78 is 0. The van der Waals surface area contributed by atoms with Gasteiger partial charge in [-0.25, -0.2) is 0 Å². The number of thioether (sulfide) groups is 2. The van der Waals surface area contributed by atoms with Gasteiger partial charge in [-0.3, -0.25) is 0 Å². The second-order valence-electron chi connectivity index (χ2n) is 2.87. The Balaban J connectivity index is 3.19. The fraction of sp³-hybridized carbons (Fsp3) is 0.778. The van der Waals surface area contributed by atoms with Gasteiger partial charge in [0.25, 0.3) is 0 Å². The Bertz CT molecular complexity index is 129. The Kier molecular flexibility index (Phi) is 9.18. The van der Waals surface area contributed by atoms with E-state index in [0.717, 1.165) is 11.5 Å². The average Bonchev–Trinajstić information content (AvgIpc) is 2.04. The molecule has 0 heterocycles. The molecule has 0 spiro atoms. The van der Waals surface area contributed by atoms with Crippen LogP contribution in [0.2, 0.25) is 0 Å². The van der Waals surface area contributed by atoms with Crippen LogP contribution in [0, 0.1) is 0 Å². The maximum absolute atomic E-state index is 9.43. The van der Waals surface area contributed by atoms with Crippen LogP contribution in [0.15, 0.2) is 12.7 Å². The molecule has 2 nitrogen and oxygen atoms in total. The smallest absolute Gasteiger partial charge is 0.0721 e. The van der Waals surface area contributed by atoms with Crippen molar-refractivity contribution in [3.63, 3.8) is 0 Å². The molecule has 0 bridgehead atoms. The van der Waals surface area contributed by atoms with Gasteiger partial charge in [0.15, 0.2) is 0 Å². The summed E-state index contributed by atoms with van der Waals surface area (Å²) in [5.41, 5.74) is 0. The van der Waals surface area contributed by atoms with Gasteiger partial charge < -0.3 is 10.2 Å².